The molecule has 5 heteroatoms. The third kappa shape index (κ3) is 2.25. The van der Waals surface area contributed by atoms with Gasteiger partial charge < -0.3 is 10.4 Å². The normalized spacial score (nSPS) is 20.9. The number of carboxylic acids is 1. The Morgan fingerprint density at radius 3 is 3.00 bits per heavy atom. The summed E-state index contributed by atoms with van der Waals surface area (Å²) in [4.78, 5) is 15.9. The van der Waals surface area contributed by atoms with Crippen molar-refractivity contribution < 1.29 is 9.90 Å². The fourth-order valence-electron chi connectivity index (χ4n) is 2.01. The molecular weight excluding hydrogens is 224 g/mol. The SMILES string of the molecule is CCc1nc(C2CCCNC2)sc1C(=O)O. The van der Waals surface area contributed by atoms with Gasteiger partial charge in [0, 0.05) is 12.5 Å². The maximum absolute atomic E-state index is 11.0. The number of rotatable bonds is 3. The number of carbonyl (C=O) groups is 1. The molecule has 0 radical (unpaired) electrons. The number of aromatic carboxylic acids is 1. The number of carboxylic acid groups (broad SMARTS) is 1. The Morgan fingerprint density at radius 1 is 1.69 bits per heavy atom. The molecule has 2 rings (SSSR count). The zero-order valence-electron chi connectivity index (χ0n) is 9.32. The van der Waals surface area contributed by atoms with Crippen LogP contribution in [0.25, 0.3) is 0 Å². The lowest BCUT2D eigenvalue weighted by Gasteiger charge is -2.20. The van der Waals surface area contributed by atoms with E-state index >= 15 is 0 Å². The van der Waals surface area contributed by atoms with Gasteiger partial charge in [-0.25, -0.2) is 9.78 Å². The summed E-state index contributed by atoms with van der Waals surface area (Å²) in [6.07, 6.45) is 2.95. The summed E-state index contributed by atoms with van der Waals surface area (Å²) in [5.74, 6) is -0.443. The first-order valence-electron chi connectivity index (χ1n) is 5.66. The van der Waals surface area contributed by atoms with Gasteiger partial charge in [0.05, 0.1) is 10.7 Å². The minimum atomic E-state index is -0.843. The molecule has 1 atom stereocenters. The summed E-state index contributed by atoms with van der Waals surface area (Å²) >= 11 is 1.35. The molecule has 1 saturated heterocycles. The van der Waals surface area contributed by atoms with Crippen LogP contribution in [0.1, 0.15) is 46.1 Å². The summed E-state index contributed by atoms with van der Waals surface area (Å²) in [5.41, 5.74) is 0.734. The lowest BCUT2D eigenvalue weighted by Crippen LogP contribution is -2.28. The minimum absolute atomic E-state index is 0.400. The van der Waals surface area contributed by atoms with Crippen LogP contribution in [-0.2, 0) is 6.42 Å². The van der Waals surface area contributed by atoms with Gasteiger partial charge in [0.15, 0.2) is 0 Å². The highest BCUT2D eigenvalue weighted by molar-refractivity contribution is 7.13. The number of aromatic nitrogens is 1. The van der Waals surface area contributed by atoms with Gasteiger partial charge in [-0.1, -0.05) is 6.92 Å². The molecule has 0 aliphatic carbocycles. The fourth-order valence-corrected chi connectivity index (χ4v) is 3.14. The molecule has 0 saturated carbocycles. The second-order valence-electron chi connectivity index (χ2n) is 4.03. The number of nitrogens with one attached hydrogen (secondary N) is 1. The zero-order chi connectivity index (χ0) is 11.5. The number of hydrogen-bond donors (Lipinski definition) is 2. The largest absolute Gasteiger partial charge is 0.477 e. The molecule has 1 aliphatic heterocycles. The van der Waals surface area contributed by atoms with E-state index in [-0.39, 0.29) is 0 Å². The first-order valence-corrected chi connectivity index (χ1v) is 6.47. The first kappa shape index (κ1) is 11.5. The molecule has 2 N–H and O–H groups in total. The monoisotopic (exact) mass is 240 g/mol. The average Bonchev–Trinajstić information content (AvgIpc) is 2.74. The van der Waals surface area contributed by atoms with Crippen molar-refractivity contribution >= 4 is 17.3 Å². The van der Waals surface area contributed by atoms with Gasteiger partial charge in [-0.05, 0) is 25.8 Å². The summed E-state index contributed by atoms with van der Waals surface area (Å²) in [6, 6.07) is 0. The van der Waals surface area contributed by atoms with Crippen molar-refractivity contribution in [1.29, 1.82) is 0 Å². The van der Waals surface area contributed by atoms with E-state index in [1.807, 2.05) is 6.92 Å². The molecule has 16 heavy (non-hydrogen) atoms. The van der Waals surface area contributed by atoms with Gasteiger partial charge in [-0.15, -0.1) is 11.3 Å². The summed E-state index contributed by atoms with van der Waals surface area (Å²) in [5, 5.41) is 13.4. The van der Waals surface area contributed by atoms with E-state index in [2.05, 4.69) is 10.3 Å². The van der Waals surface area contributed by atoms with Gasteiger partial charge in [-0.2, -0.15) is 0 Å². The second kappa shape index (κ2) is 4.93. The Hall–Kier alpha value is -0.940. The van der Waals surface area contributed by atoms with Crippen LogP contribution in [0.15, 0.2) is 0 Å². The van der Waals surface area contributed by atoms with Crippen LogP contribution < -0.4 is 5.32 Å². The van der Waals surface area contributed by atoms with Gasteiger partial charge in [0.1, 0.15) is 4.88 Å². The Labute approximate surface area is 98.7 Å². The summed E-state index contributed by atoms with van der Waals surface area (Å²) < 4.78 is 0. The quantitative estimate of drug-likeness (QED) is 0.846. The number of hydrogen-bond acceptors (Lipinski definition) is 4. The Kier molecular flexibility index (Phi) is 3.56. The molecule has 88 valence electrons. The lowest BCUT2D eigenvalue weighted by molar-refractivity contribution is 0.0701. The van der Waals surface area contributed by atoms with E-state index < -0.39 is 5.97 Å². The van der Waals surface area contributed by atoms with Gasteiger partial charge >= 0.3 is 5.97 Å². The number of piperidine rings is 1. The topological polar surface area (TPSA) is 62.2 Å². The Morgan fingerprint density at radius 2 is 2.50 bits per heavy atom. The van der Waals surface area contributed by atoms with Gasteiger partial charge in [0.25, 0.3) is 0 Å². The van der Waals surface area contributed by atoms with E-state index in [4.69, 9.17) is 5.11 Å². The van der Waals surface area contributed by atoms with Crippen molar-refractivity contribution in [2.75, 3.05) is 13.1 Å². The summed E-state index contributed by atoms with van der Waals surface area (Å²) in [7, 11) is 0. The molecule has 1 aromatic heterocycles. The van der Waals surface area contributed by atoms with E-state index in [1.165, 1.54) is 11.3 Å². The van der Waals surface area contributed by atoms with E-state index in [0.717, 1.165) is 36.6 Å². The third-order valence-electron chi connectivity index (χ3n) is 2.89. The van der Waals surface area contributed by atoms with Crippen molar-refractivity contribution in [3.63, 3.8) is 0 Å². The van der Waals surface area contributed by atoms with Crippen LogP contribution in [0.5, 0.6) is 0 Å². The van der Waals surface area contributed by atoms with Crippen molar-refractivity contribution in [3.05, 3.63) is 15.6 Å². The van der Waals surface area contributed by atoms with Crippen LogP contribution >= 0.6 is 11.3 Å². The van der Waals surface area contributed by atoms with Crippen molar-refractivity contribution in [2.24, 2.45) is 0 Å². The van der Waals surface area contributed by atoms with Crippen molar-refractivity contribution in [3.8, 4) is 0 Å². The molecule has 4 nitrogen and oxygen atoms in total. The van der Waals surface area contributed by atoms with Crippen LogP contribution in [-0.4, -0.2) is 29.1 Å². The molecule has 1 unspecified atom stereocenters. The number of aryl methyl sites for hydroxylation is 1. The van der Waals surface area contributed by atoms with E-state index in [9.17, 15) is 4.79 Å². The van der Waals surface area contributed by atoms with E-state index in [1.54, 1.807) is 0 Å². The zero-order valence-corrected chi connectivity index (χ0v) is 10.1. The molecule has 1 aliphatic rings. The number of thiazole rings is 1. The van der Waals surface area contributed by atoms with E-state index in [0.29, 0.717) is 17.2 Å². The van der Waals surface area contributed by atoms with Crippen LogP contribution in [0.2, 0.25) is 0 Å². The Balaban J connectivity index is 2.24. The Bertz CT molecular complexity index is 383. The van der Waals surface area contributed by atoms with Crippen molar-refractivity contribution in [2.45, 2.75) is 32.1 Å². The molecule has 0 aromatic carbocycles. The maximum Gasteiger partial charge on any atom is 0.347 e. The molecule has 1 aromatic rings. The highest BCUT2D eigenvalue weighted by atomic mass is 32.1. The van der Waals surface area contributed by atoms with Gasteiger partial charge in [-0.3, -0.25) is 0 Å². The standard InChI is InChI=1S/C11H16N2O2S/c1-2-8-9(11(14)15)16-10(13-8)7-4-3-5-12-6-7/h7,12H,2-6H2,1H3,(H,14,15). The molecular formula is C11H16N2O2S. The highest BCUT2D eigenvalue weighted by Crippen LogP contribution is 2.29. The van der Waals surface area contributed by atoms with Crippen LogP contribution in [0.3, 0.4) is 0 Å². The minimum Gasteiger partial charge on any atom is -0.477 e. The molecule has 2 heterocycles. The molecule has 0 bridgehead atoms. The smallest absolute Gasteiger partial charge is 0.347 e. The molecule has 0 amide bonds. The highest BCUT2D eigenvalue weighted by Gasteiger charge is 2.22. The molecule has 1 fully saturated rings. The number of nitrogens with zero attached hydrogens (tertiary/aromatic N) is 1. The van der Waals surface area contributed by atoms with Crippen molar-refractivity contribution in [1.82, 2.24) is 10.3 Å². The van der Waals surface area contributed by atoms with Crippen LogP contribution in [0, 0.1) is 0 Å². The fraction of sp³-hybridized carbons (Fsp3) is 0.636. The summed E-state index contributed by atoms with van der Waals surface area (Å²) in [6.45, 7) is 3.94. The van der Waals surface area contributed by atoms with Crippen LogP contribution in [0.4, 0.5) is 0 Å². The second-order valence-corrected chi connectivity index (χ2v) is 5.06. The lowest BCUT2D eigenvalue weighted by atomic mass is 10.0. The predicted octanol–water partition coefficient (Wildman–Crippen LogP) is 1.87. The van der Waals surface area contributed by atoms with Gasteiger partial charge in [0.2, 0.25) is 0 Å². The molecule has 0 spiro atoms. The average molecular weight is 240 g/mol. The predicted molar refractivity (Wildman–Crippen MR) is 63.3 cm³/mol. The first-order chi connectivity index (χ1) is 7.72. The maximum atomic E-state index is 11.0. The third-order valence-corrected chi connectivity index (χ3v) is 4.14.